The van der Waals surface area contributed by atoms with Crippen LogP contribution in [0.1, 0.15) is 31.9 Å². The molecular formula is C21H27NO4. The third kappa shape index (κ3) is 4.99. The van der Waals surface area contributed by atoms with Crippen molar-refractivity contribution in [1.82, 2.24) is 5.32 Å². The van der Waals surface area contributed by atoms with Gasteiger partial charge in [0, 0.05) is 0 Å². The first kappa shape index (κ1) is 19.8. The number of carbonyl (C=O) groups is 1. The molecule has 140 valence electrons. The van der Waals surface area contributed by atoms with Crippen molar-refractivity contribution in [3.8, 4) is 5.75 Å². The summed E-state index contributed by atoms with van der Waals surface area (Å²) in [6, 6.07) is 17.5. The summed E-state index contributed by atoms with van der Waals surface area (Å²) in [5.41, 5.74) is 0.595. The SMILES string of the molecule is CC(C)(C)[C@](CO)(Cc1ccc(OCc2ccccc2)cc1)NC(=O)O. The van der Waals surface area contributed by atoms with Crippen molar-refractivity contribution in [2.45, 2.75) is 39.3 Å². The lowest BCUT2D eigenvalue weighted by Crippen LogP contribution is -2.60. The molecule has 5 nitrogen and oxygen atoms in total. The quantitative estimate of drug-likeness (QED) is 0.703. The van der Waals surface area contributed by atoms with Gasteiger partial charge in [-0.05, 0) is 35.1 Å². The fourth-order valence-corrected chi connectivity index (χ4v) is 2.83. The van der Waals surface area contributed by atoms with E-state index in [-0.39, 0.29) is 6.61 Å². The third-order valence-electron chi connectivity index (χ3n) is 4.73. The van der Waals surface area contributed by atoms with Gasteiger partial charge in [0.25, 0.3) is 0 Å². The van der Waals surface area contributed by atoms with Gasteiger partial charge in [-0.3, -0.25) is 0 Å². The van der Waals surface area contributed by atoms with Crippen LogP contribution < -0.4 is 10.1 Å². The molecule has 0 fully saturated rings. The van der Waals surface area contributed by atoms with E-state index in [2.05, 4.69) is 5.32 Å². The second-order valence-corrected chi connectivity index (χ2v) is 7.52. The molecular weight excluding hydrogens is 330 g/mol. The summed E-state index contributed by atoms with van der Waals surface area (Å²) < 4.78 is 5.78. The van der Waals surface area contributed by atoms with Crippen molar-refractivity contribution >= 4 is 6.09 Å². The summed E-state index contributed by atoms with van der Waals surface area (Å²) in [7, 11) is 0. The second kappa shape index (κ2) is 8.23. The highest BCUT2D eigenvalue weighted by Crippen LogP contribution is 2.33. The molecule has 26 heavy (non-hydrogen) atoms. The lowest BCUT2D eigenvalue weighted by molar-refractivity contribution is 0.0586. The van der Waals surface area contributed by atoms with Crippen LogP contribution in [0.2, 0.25) is 0 Å². The van der Waals surface area contributed by atoms with Crippen LogP contribution in [0.4, 0.5) is 4.79 Å². The van der Waals surface area contributed by atoms with Crippen molar-refractivity contribution in [3.05, 3.63) is 65.7 Å². The highest BCUT2D eigenvalue weighted by atomic mass is 16.5. The molecule has 0 saturated carbocycles. The van der Waals surface area contributed by atoms with Crippen LogP contribution in [0.15, 0.2) is 54.6 Å². The number of aliphatic hydroxyl groups is 1. The molecule has 5 heteroatoms. The zero-order chi connectivity index (χ0) is 19.2. The van der Waals surface area contributed by atoms with E-state index in [9.17, 15) is 15.0 Å². The largest absolute Gasteiger partial charge is 0.489 e. The first-order valence-corrected chi connectivity index (χ1v) is 8.63. The van der Waals surface area contributed by atoms with Gasteiger partial charge in [0.05, 0.1) is 12.1 Å². The smallest absolute Gasteiger partial charge is 0.405 e. The summed E-state index contributed by atoms with van der Waals surface area (Å²) in [6.07, 6.45) is -0.755. The lowest BCUT2D eigenvalue weighted by atomic mass is 9.70. The minimum absolute atomic E-state index is 0.283. The molecule has 0 radical (unpaired) electrons. The minimum Gasteiger partial charge on any atom is -0.489 e. The number of hydrogen-bond acceptors (Lipinski definition) is 3. The van der Waals surface area contributed by atoms with Crippen LogP contribution in [0.5, 0.6) is 5.75 Å². The number of carboxylic acid groups (broad SMARTS) is 1. The van der Waals surface area contributed by atoms with Gasteiger partial charge < -0.3 is 20.3 Å². The maximum absolute atomic E-state index is 11.2. The fraction of sp³-hybridized carbons (Fsp3) is 0.381. The molecule has 1 amide bonds. The molecule has 0 bridgehead atoms. The van der Waals surface area contributed by atoms with E-state index >= 15 is 0 Å². The van der Waals surface area contributed by atoms with Crippen molar-refractivity contribution in [3.63, 3.8) is 0 Å². The Morgan fingerprint density at radius 2 is 1.62 bits per heavy atom. The Morgan fingerprint density at radius 1 is 1.00 bits per heavy atom. The fourth-order valence-electron chi connectivity index (χ4n) is 2.83. The van der Waals surface area contributed by atoms with Gasteiger partial charge in [-0.1, -0.05) is 63.2 Å². The zero-order valence-corrected chi connectivity index (χ0v) is 15.5. The normalized spacial score (nSPS) is 13.7. The second-order valence-electron chi connectivity index (χ2n) is 7.52. The Morgan fingerprint density at radius 3 is 2.12 bits per heavy atom. The first-order valence-electron chi connectivity index (χ1n) is 8.63. The van der Waals surface area contributed by atoms with E-state index in [1.165, 1.54) is 0 Å². The summed E-state index contributed by atoms with van der Waals surface area (Å²) in [5, 5.41) is 21.7. The van der Waals surface area contributed by atoms with Crippen molar-refractivity contribution in [2.24, 2.45) is 5.41 Å². The van der Waals surface area contributed by atoms with Gasteiger partial charge in [0.15, 0.2) is 0 Å². The highest BCUT2D eigenvalue weighted by molar-refractivity contribution is 5.66. The number of ether oxygens (including phenoxy) is 1. The Balaban J connectivity index is 2.09. The Kier molecular flexibility index (Phi) is 6.27. The summed E-state index contributed by atoms with van der Waals surface area (Å²) >= 11 is 0. The van der Waals surface area contributed by atoms with Crippen molar-refractivity contribution < 1.29 is 19.7 Å². The lowest BCUT2D eigenvalue weighted by Gasteiger charge is -2.43. The van der Waals surface area contributed by atoms with Gasteiger partial charge in [-0.2, -0.15) is 0 Å². The summed E-state index contributed by atoms with van der Waals surface area (Å²) in [5.74, 6) is 0.745. The number of rotatable bonds is 7. The standard InChI is InChI=1S/C21H27NO4/c1-20(2,3)21(15-23,22-19(24)25)13-16-9-11-18(12-10-16)26-14-17-7-5-4-6-8-17/h4-12,22-23H,13-15H2,1-3H3,(H,24,25)/t21-/m1/s1. The van der Waals surface area contributed by atoms with Crippen LogP contribution in [-0.2, 0) is 13.0 Å². The molecule has 0 saturated heterocycles. The summed E-state index contributed by atoms with van der Waals surface area (Å²) in [6.45, 7) is 5.95. The van der Waals surface area contributed by atoms with Crippen LogP contribution >= 0.6 is 0 Å². The van der Waals surface area contributed by atoms with E-state index in [0.29, 0.717) is 13.0 Å². The molecule has 0 heterocycles. The van der Waals surface area contributed by atoms with Crippen molar-refractivity contribution in [2.75, 3.05) is 6.61 Å². The molecule has 0 spiro atoms. The van der Waals surface area contributed by atoms with Gasteiger partial charge in [0.1, 0.15) is 12.4 Å². The molecule has 0 aliphatic heterocycles. The molecule has 0 aromatic heterocycles. The topological polar surface area (TPSA) is 78.8 Å². The predicted octanol–water partition coefficient (Wildman–Crippen LogP) is 3.85. The first-order chi connectivity index (χ1) is 12.3. The minimum atomic E-state index is -1.14. The Hall–Kier alpha value is -2.53. The summed E-state index contributed by atoms with van der Waals surface area (Å²) in [4.78, 5) is 11.2. The number of nitrogens with one attached hydrogen (secondary N) is 1. The maximum Gasteiger partial charge on any atom is 0.405 e. The molecule has 2 aromatic rings. The van der Waals surface area contributed by atoms with E-state index < -0.39 is 17.0 Å². The maximum atomic E-state index is 11.2. The van der Waals surface area contributed by atoms with E-state index in [1.54, 1.807) is 0 Å². The average Bonchev–Trinajstić information content (AvgIpc) is 2.60. The molecule has 0 unspecified atom stereocenters. The Labute approximate surface area is 154 Å². The van der Waals surface area contributed by atoms with E-state index in [0.717, 1.165) is 16.9 Å². The number of amides is 1. The number of hydrogen-bond donors (Lipinski definition) is 3. The predicted molar refractivity (Wildman–Crippen MR) is 101 cm³/mol. The van der Waals surface area contributed by atoms with Crippen LogP contribution in [-0.4, -0.2) is 28.5 Å². The number of benzene rings is 2. The zero-order valence-electron chi connectivity index (χ0n) is 15.5. The molecule has 2 rings (SSSR count). The molecule has 0 aliphatic carbocycles. The van der Waals surface area contributed by atoms with Gasteiger partial charge in [-0.25, -0.2) is 4.79 Å². The Bertz CT molecular complexity index is 707. The van der Waals surface area contributed by atoms with E-state index in [4.69, 9.17) is 4.74 Å². The molecule has 3 N–H and O–H groups in total. The van der Waals surface area contributed by atoms with E-state index in [1.807, 2.05) is 75.4 Å². The van der Waals surface area contributed by atoms with Gasteiger partial charge in [0.2, 0.25) is 0 Å². The van der Waals surface area contributed by atoms with Gasteiger partial charge in [-0.15, -0.1) is 0 Å². The van der Waals surface area contributed by atoms with Crippen molar-refractivity contribution in [1.29, 1.82) is 0 Å². The van der Waals surface area contributed by atoms with Crippen LogP contribution in [0, 0.1) is 5.41 Å². The average molecular weight is 357 g/mol. The van der Waals surface area contributed by atoms with Gasteiger partial charge >= 0.3 is 6.09 Å². The third-order valence-corrected chi connectivity index (χ3v) is 4.73. The molecule has 0 aliphatic rings. The van der Waals surface area contributed by atoms with Crippen LogP contribution in [0.25, 0.3) is 0 Å². The number of aliphatic hydroxyl groups excluding tert-OH is 1. The monoisotopic (exact) mass is 357 g/mol. The highest BCUT2D eigenvalue weighted by Gasteiger charge is 2.43. The molecule has 1 atom stereocenters. The van der Waals surface area contributed by atoms with Crippen LogP contribution in [0.3, 0.4) is 0 Å². The molecule has 2 aromatic carbocycles.